The van der Waals surface area contributed by atoms with Crippen molar-refractivity contribution in [1.82, 2.24) is 9.80 Å². The number of phenols is 1. The Bertz CT molecular complexity index is 816. The smallest absolute Gasteiger partial charge is 0.260 e. The number of carbonyl (C=O) groups is 1. The molecule has 1 atom stereocenters. The highest BCUT2D eigenvalue weighted by Crippen LogP contribution is 2.32. The second-order valence-corrected chi connectivity index (χ2v) is 6.99. The van der Waals surface area contributed by atoms with Crippen LogP contribution in [-0.2, 0) is 4.79 Å². The lowest BCUT2D eigenvalue weighted by Crippen LogP contribution is -2.50. The SMILES string of the molecule is COc1ccc(C(C)N2CCN(C(=O)COc3ccc(O)cc3)CC2)cc1OC. The summed E-state index contributed by atoms with van der Waals surface area (Å²) in [4.78, 5) is 16.6. The van der Waals surface area contributed by atoms with Gasteiger partial charge in [0.15, 0.2) is 18.1 Å². The number of aromatic hydroxyl groups is 1. The maximum absolute atomic E-state index is 12.4. The van der Waals surface area contributed by atoms with Gasteiger partial charge in [-0.25, -0.2) is 0 Å². The molecule has 3 rings (SSSR count). The molecule has 0 radical (unpaired) electrons. The van der Waals surface area contributed by atoms with Crippen LogP contribution in [0, 0.1) is 0 Å². The maximum Gasteiger partial charge on any atom is 0.260 e. The van der Waals surface area contributed by atoms with Crippen LogP contribution < -0.4 is 14.2 Å². The standard InChI is InChI=1S/C22H28N2O5/c1-16(17-4-9-20(27-2)21(14-17)28-3)23-10-12-24(13-11-23)22(26)15-29-19-7-5-18(25)6-8-19/h4-9,14,16,25H,10-13,15H2,1-3H3. The maximum atomic E-state index is 12.4. The zero-order valence-electron chi connectivity index (χ0n) is 17.1. The highest BCUT2D eigenvalue weighted by atomic mass is 16.5. The second-order valence-electron chi connectivity index (χ2n) is 6.99. The quantitative estimate of drug-likeness (QED) is 0.771. The topological polar surface area (TPSA) is 71.5 Å². The average molecular weight is 400 g/mol. The molecule has 0 spiro atoms. The van der Waals surface area contributed by atoms with Crippen molar-refractivity contribution in [3.05, 3.63) is 48.0 Å². The normalized spacial score (nSPS) is 15.6. The van der Waals surface area contributed by atoms with Gasteiger partial charge in [-0.1, -0.05) is 6.07 Å². The van der Waals surface area contributed by atoms with Gasteiger partial charge in [-0.05, 0) is 48.9 Å². The number of ether oxygens (including phenoxy) is 3. The summed E-state index contributed by atoms with van der Waals surface area (Å²) < 4.78 is 16.2. The summed E-state index contributed by atoms with van der Waals surface area (Å²) in [7, 11) is 3.26. The first-order valence-electron chi connectivity index (χ1n) is 9.67. The third kappa shape index (κ3) is 5.12. The van der Waals surface area contributed by atoms with E-state index in [9.17, 15) is 9.90 Å². The van der Waals surface area contributed by atoms with Crippen LogP contribution in [0.1, 0.15) is 18.5 Å². The van der Waals surface area contributed by atoms with Crippen molar-refractivity contribution < 1.29 is 24.1 Å². The number of rotatable bonds is 7. The fourth-order valence-electron chi connectivity index (χ4n) is 3.46. The molecule has 0 aliphatic carbocycles. The lowest BCUT2D eigenvalue weighted by molar-refractivity contribution is -0.135. The molecule has 1 aliphatic rings. The van der Waals surface area contributed by atoms with E-state index in [0.717, 1.165) is 24.4 Å². The Hall–Kier alpha value is -2.93. The second kappa shape index (κ2) is 9.52. The molecule has 1 saturated heterocycles. The first-order valence-corrected chi connectivity index (χ1v) is 9.67. The van der Waals surface area contributed by atoms with E-state index in [4.69, 9.17) is 14.2 Å². The third-order valence-corrected chi connectivity index (χ3v) is 5.30. The summed E-state index contributed by atoms with van der Waals surface area (Å²) in [5, 5.41) is 9.30. The molecular weight excluding hydrogens is 372 g/mol. The molecule has 7 heteroatoms. The minimum Gasteiger partial charge on any atom is -0.508 e. The number of hydrogen-bond acceptors (Lipinski definition) is 6. The number of nitrogens with zero attached hydrogens (tertiary/aromatic N) is 2. The Morgan fingerprint density at radius 3 is 2.28 bits per heavy atom. The molecule has 1 amide bonds. The molecule has 0 aromatic heterocycles. The van der Waals surface area contributed by atoms with Gasteiger partial charge >= 0.3 is 0 Å². The number of hydrogen-bond donors (Lipinski definition) is 1. The van der Waals surface area contributed by atoms with Crippen molar-refractivity contribution in [2.45, 2.75) is 13.0 Å². The first kappa shape index (κ1) is 20.8. The van der Waals surface area contributed by atoms with E-state index in [1.807, 2.05) is 17.0 Å². The molecule has 1 N–H and O–H groups in total. The van der Waals surface area contributed by atoms with Gasteiger partial charge in [0.1, 0.15) is 11.5 Å². The number of amides is 1. The predicted molar refractivity (Wildman–Crippen MR) is 110 cm³/mol. The van der Waals surface area contributed by atoms with Gasteiger partial charge in [0.2, 0.25) is 0 Å². The summed E-state index contributed by atoms with van der Waals surface area (Å²) in [6.45, 7) is 5.06. The average Bonchev–Trinajstić information content (AvgIpc) is 2.77. The van der Waals surface area contributed by atoms with E-state index < -0.39 is 0 Å². The fourth-order valence-corrected chi connectivity index (χ4v) is 3.46. The Kier molecular flexibility index (Phi) is 6.82. The van der Waals surface area contributed by atoms with Crippen LogP contribution in [0.3, 0.4) is 0 Å². The first-order chi connectivity index (χ1) is 14.0. The van der Waals surface area contributed by atoms with Gasteiger partial charge in [0, 0.05) is 32.2 Å². The number of benzene rings is 2. The number of methoxy groups -OCH3 is 2. The van der Waals surface area contributed by atoms with Gasteiger partial charge in [-0.15, -0.1) is 0 Å². The Morgan fingerprint density at radius 2 is 1.66 bits per heavy atom. The summed E-state index contributed by atoms with van der Waals surface area (Å²) >= 11 is 0. The highest BCUT2D eigenvalue weighted by Gasteiger charge is 2.25. The molecule has 1 fully saturated rings. The number of piperazine rings is 1. The summed E-state index contributed by atoms with van der Waals surface area (Å²) in [6, 6.07) is 12.5. The van der Waals surface area contributed by atoms with Crippen molar-refractivity contribution in [2.24, 2.45) is 0 Å². The van der Waals surface area contributed by atoms with Crippen molar-refractivity contribution in [3.63, 3.8) is 0 Å². The van der Waals surface area contributed by atoms with Crippen molar-refractivity contribution in [2.75, 3.05) is 47.0 Å². The van der Waals surface area contributed by atoms with Crippen LogP contribution >= 0.6 is 0 Å². The largest absolute Gasteiger partial charge is 0.508 e. The molecule has 0 saturated carbocycles. The molecule has 1 heterocycles. The highest BCUT2D eigenvalue weighted by molar-refractivity contribution is 5.77. The summed E-state index contributed by atoms with van der Waals surface area (Å²) in [6.07, 6.45) is 0. The van der Waals surface area contributed by atoms with Gasteiger partial charge in [0.25, 0.3) is 5.91 Å². The van der Waals surface area contributed by atoms with Gasteiger partial charge in [0.05, 0.1) is 14.2 Å². The monoisotopic (exact) mass is 400 g/mol. The lowest BCUT2D eigenvalue weighted by Gasteiger charge is -2.38. The molecule has 1 unspecified atom stereocenters. The van der Waals surface area contributed by atoms with Crippen molar-refractivity contribution in [1.29, 1.82) is 0 Å². The zero-order valence-corrected chi connectivity index (χ0v) is 17.1. The summed E-state index contributed by atoms with van der Waals surface area (Å²) in [5.41, 5.74) is 1.15. The molecule has 2 aromatic carbocycles. The van der Waals surface area contributed by atoms with E-state index in [0.29, 0.717) is 24.6 Å². The lowest BCUT2D eigenvalue weighted by atomic mass is 10.1. The summed E-state index contributed by atoms with van der Waals surface area (Å²) in [5.74, 6) is 2.14. The van der Waals surface area contributed by atoms with Crippen LogP contribution in [0.4, 0.5) is 0 Å². The fraction of sp³-hybridized carbons (Fsp3) is 0.409. The number of phenolic OH excluding ortho intramolecular Hbond substituents is 1. The Labute approximate surface area is 171 Å². The van der Waals surface area contributed by atoms with Crippen molar-refractivity contribution in [3.8, 4) is 23.0 Å². The van der Waals surface area contributed by atoms with E-state index in [1.54, 1.807) is 26.4 Å². The van der Waals surface area contributed by atoms with Crippen LogP contribution in [0.25, 0.3) is 0 Å². The van der Waals surface area contributed by atoms with Gasteiger partial charge in [-0.3, -0.25) is 9.69 Å². The molecule has 2 aromatic rings. The van der Waals surface area contributed by atoms with E-state index in [2.05, 4.69) is 17.9 Å². The van der Waals surface area contributed by atoms with E-state index >= 15 is 0 Å². The van der Waals surface area contributed by atoms with Crippen LogP contribution in [0.5, 0.6) is 23.0 Å². The van der Waals surface area contributed by atoms with Crippen LogP contribution in [0.15, 0.2) is 42.5 Å². The zero-order chi connectivity index (χ0) is 20.8. The molecule has 7 nitrogen and oxygen atoms in total. The molecule has 1 aliphatic heterocycles. The van der Waals surface area contributed by atoms with Gasteiger partial charge < -0.3 is 24.2 Å². The number of carbonyl (C=O) groups excluding carboxylic acids is 1. The van der Waals surface area contributed by atoms with Gasteiger partial charge in [-0.2, -0.15) is 0 Å². The third-order valence-electron chi connectivity index (χ3n) is 5.30. The van der Waals surface area contributed by atoms with E-state index in [-0.39, 0.29) is 24.3 Å². The molecular formula is C22H28N2O5. The Balaban J connectivity index is 1.51. The molecule has 156 valence electrons. The predicted octanol–water partition coefficient (Wildman–Crippen LogP) is 2.69. The van der Waals surface area contributed by atoms with E-state index in [1.165, 1.54) is 12.1 Å². The molecule has 29 heavy (non-hydrogen) atoms. The minimum absolute atomic E-state index is 0.00396. The van der Waals surface area contributed by atoms with Crippen LogP contribution in [0.2, 0.25) is 0 Å². The minimum atomic E-state index is -0.0310. The van der Waals surface area contributed by atoms with Crippen molar-refractivity contribution >= 4 is 5.91 Å². The van der Waals surface area contributed by atoms with Crippen LogP contribution in [-0.4, -0.2) is 67.8 Å². The Morgan fingerprint density at radius 1 is 1.00 bits per heavy atom. The molecule has 0 bridgehead atoms.